The largest absolute Gasteiger partial charge is 0.352 e. The van der Waals surface area contributed by atoms with Gasteiger partial charge in [0.05, 0.1) is 11.7 Å². The summed E-state index contributed by atoms with van der Waals surface area (Å²) in [6.45, 7) is 5.75. The van der Waals surface area contributed by atoms with Gasteiger partial charge in [-0.2, -0.15) is 4.31 Å². The summed E-state index contributed by atoms with van der Waals surface area (Å²) in [5, 5.41) is 5.60. The molecular formula is C28H31N3O4S. The maximum absolute atomic E-state index is 14.0. The molecule has 8 heteroatoms. The highest BCUT2D eigenvalue weighted by Gasteiger charge is 2.38. The molecule has 1 atom stereocenters. The summed E-state index contributed by atoms with van der Waals surface area (Å²) in [6.07, 6.45) is 0.529. The number of carbonyl (C=O) groups is 2. The van der Waals surface area contributed by atoms with Crippen molar-refractivity contribution in [1.82, 2.24) is 9.62 Å². The van der Waals surface area contributed by atoms with Crippen molar-refractivity contribution >= 4 is 27.5 Å². The Morgan fingerprint density at radius 2 is 1.72 bits per heavy atom. The number of fused-ring (bicyclic) bond motifs is 1. The molecule has 4 rings (SSSR count). The van der Waals surface area contributed by atoms with Gasteiger partial charge in [0.15, 0.2) is 0 Å². The van der Waals surface area contributed by atoms with Gasteiger partial charge in [0.1, 0.15) is 4.90 Å². The lowest BCUT2D eigenvalue weighted by atomic mass is 9.92. The highest BCUT2D eigenvalue weighted by Crippen LogP contribution is 2.38. The van der Waals surface area contributed by atoms with E-state index in [0.29, 0.717) is 13.0 Å². The molecule has 1 heterocycles. The lowest BCUT2D eigenvalue weighted by molar-refractivity contribution is -0.122. The number of nitrogens with one attached hydrogen (secondary N) is 2. The van der Waals surface area contributed by atoms with Gasteiger partial charge in [-0.15, -0.1) is 0 Å². The molecule has 1 aliphatic heterocycles. The van der Waals surface area contributed by atoms with E-state index in [9.17, 15) is 18.0 Å². The number of amides is 2. The Morgan fingerprint density at radius 3 is 2.47 bits per heavy atom. The minimum atomic E-state index is -4.03. The lowest BCUT2D eigenvalue weighted by Crippen LogP contribution is -2.42. The topological polar surface area (TPSA) is 95.6 Å². The maximum Gasteiger partial charge on any atom is 0.245 e. The third kappa shape index (κ3) is 5.50. The minimum Gasteiger partial charge on any atom is -0.352 e. The van der Waals surface area contributed by atoms with Crippen LogP contribution in [0.2, 0.25) is 0 Å². The molecule has 0 bridgehead atoms. The summed E-state index contributed by atoms with van der Waals surface area (Å²) in [5.41, 5.74) is 4.94. The van der Waals surface area contributed by atoms with Crippen LogP contribution < -0.4 is 10.6 Å². The van der Waals surface area contributed by atoms with Crippen LogP contribution in [-0.4, -0.2) is 31.1 Å². The van der Waals surface area contributed by atoms with E-state index >= 15 is 0 Å². The van der Waals surface area contributed by atoms with E-state index in [-0.39, 0.29) is 35.4 Å². The molecule has 188 valence electrons. The van der Waals surface area contributed by atoms with Crippen molar-refractivity contribution in [2.24, 2.45) is 0 Å². The molecule has 1 unspecified atom stereocenters. The second kappa shape index (κ2) is 10.6. The zero-order chi connectivity index (χ0) is 25.9. The van der Waals surface area contributed by atoms with Crippen LogP contribution in [0, 0.1) is 13.8 Å². The van der Waals surface area contributed by atoms with Crippen molar-refractivity contribution in [1.29, 1.82) is 0 Å². The fourth-order valence-corrected chi connectivity index (χ4v) is 6.48. The average Bonchev–Trinajstić information content (AvgIpc) is 2.84. The first-order chi connectivity index (χ1) is 17.2. The van der Waals surface area contributed by atoms with Crippen LogP contribution in [0.15, 0.2) is 71.6 Å². The number of hydrogen-bond acceptors (Lipinski definition) is 4. The number of hydrogen-bond donors (Lipinski definition) is 2. The molecule has 2 N–H and O–H groups in total. The van der Waals surface area contributed by atoms with Gasteiger partial charge in [-0.05, 0) is 60.2 Å². The van der Waals surface area contributed by atoms with Crippen LogP contribution >= 0.6 is 0 Å². The van der Waals surface area contributed by atoms with Crippen molar-refractivity contribution in [2.45, 2.75) is 51.1 Å². The first kappa shape index (κ1) is 25.6. The molecule has 0 aromatic heterocycles. The van der Waals surface area contributed by atoms with Crippen LogP contribution in [0.4, 0.5) is 5.69 Å². The van der Waals surface area contributed by atoms with E-state index in [1.54, 1.807) is 25.1 Å². The van der Waals surface area contributed by atoms with Crippen molar-refractivity contribution < 1.29 is 18.0 Å². The predicted octanol–water partition coefficient (Wildman–Crippen LogP) is 4.26. The monoisotopic (exact) mass is 505 g/mol. The van der Waals surface area contributed by atoms with Crippen LogP contribution in [0.1, 0.15) is 47.2 Å². The van der Waals surface area contributed by atoms with Gasteiger partial charge in [-0.25, -0.2) is 8.42 Å². The third-order valence-electron chi connectivity index (χ3n) is 6.51. The standard InChI is InChI=1S/C28H31N3O4S/c1-19-12-13-25(30-21(3)32)27(16-19)36(34,35)31-15-14-22-9-6-7-11-24(22)26(31)17-28(33)29-18-23-10-5-4-8-20(23)2/h4-13,16,26H,14-15,17-18H2,1-3H3,(H,29,33)(H,30,32). The Bertz CT molecular complexity index is 1400. The SMILES string of the molecule is CC(=O)Nc1ccc(C)cc1S(=O)(=O)N1CCc2ccccc2C1CC(=O)NCc1ccccc1C. The normalized spacial score (nSPS) is 15.7. The fourth-order valence-electron chi connectivity index (χ4n) is 4.64. The van der Waals surface area contributed by atoms with Gasteiger partial charge in [-0.1, -0.05) is 54.6 Å². The smallest absolute Gasteiger partial charge is 0.245 e. The van der Waals surface area contributed by atoms with Crippen LogP contribution in [0.25, 0.3) is 0 Å². The minimum absolute atomic E-state index is 0.0105. The van der Waals surface area contributed by atoms with Crippen LogP contribution in [0.3, 0.4) is 0 Å². The van der Waals surface area contributed by atoms with Crippen molar-refractivity contribution in [2.75, 3.05) is 11.9 Å². The second-order valence-electron chi connectivity index (χ2n) is 9.17. The highest BCUT2D eigenvalue weighted by molar-refractivity contribution is 7.89. The Morgan fingerprint density at radius 1 is 1.00 bits per heavy atom. The van der Waals surface area contributed by atoms with Crippen LogP contribution in [-0.2, 0) is 32.6 Å². The van der Waals surface area contributed by atoms with Gasteiger partial charge in [0.2, 0.25) is 21.8 Å². The third-order valence-corrected chi connectivity index (χ3v) is 8.46. The summed E-state index contributed by atoms with van der Waals surface area (Å²) < 4.78 is 29.4. The second-order valence-corrected chi connectivity index (χ2v) is 11.0. The number of carbonyl (C=O) groups excluding carboxylic acids is 2. The zero-order valence-corrected chi connectivity index (χ0v) is 21.6. The summed E-state index contributed by atoms with van der Waals surface area (Å²) in [4.78, 5) is 24.9. The van der Waals surface area contributed by atoms with Gasteiger partial charge >= 0.3 is 0 Å². The number of sulfonamides is 1. The number of rotatable bonds is 7. The molecule has 1 aliphatic rings. The number of nitrogens with zero attached hydrogens (tertiary/aromatic N) is 1. The van der Waals surface area contributed by atoms with Gasteiger partial charge in [-0.3, -0.25) is 9.59 Å². The highest BCUT2D eigenvalue weighted by atomic mass is 32.2. The zero-order valence-electron chi connectivity index (χ0n) is 20.7. The molecule has 0 saturated carbocycles. The molecular weight excluding hydrogens is 474 g/mol. The molecule has 3 aromatic carbocycles. The lowest BCUT2D eigenvalue weighted by Gasteiger charge is -2.36. The first-order valence-corrected chi connectivity index (χ1v) is 13.4. The Labute approximate surface area is 212 Å². The Balaban J connectivity index is 1.67. The van der Waals surface area contributed by atoms with Crippen molar-refractivity contribution in [3.8, 4) is 0 Å². The molecule has 0 radical (unpaired) electrons. The number of aryl methyl sites for hydroxylation is 2. The van der Waals surface area contributed by atoms with E-state index < -0.39 is 16.1 Å². The van der Waals surface area contributed by atoms with Crippen LogP contribution in [0.5, 0.6) is 0 Å². The van der Waals surface area contributed by atoms with Gasteiger partial charge in [0.25, 0.3) is 0 Å². The fraction of sp³-hybridized carbons (Fsp3) is 0.286. The van der Waals surface area contributed by atoms with Crippen molar-refractivity contribution in [3.05, 3.63) is 94.5 Å². The number of anilines is 1. The molecule has 7 nitrogen and oxygen atoms in total. The quantitative estimate of drug-likeness (QED) is 0.502. The Kier molecular flexibility index (Phi) is 7.56. The van der Waals surface area contributed by atoms with Gasteiger partial charge < -0.3 is 10.6 Å². The maximum atomic E-state index is 14.0. The molecule has 2 amide bonds. The molecule has 0 aliphatic carbocycles. The molecule has 0 spiro atoms. The van der Waals surface area contributed by atoms with E-state index in [4.69, 9.17) is 0 Å². The summed E-state index contributed by atoms with van der Waals surface area (Å²) in [6, 6.07) is 19.7. The molecule has 0 fully saturated rings. The first-order valence-electron chi connectivity index (χ1n) is 12.0. The van der Waals surface area contributed by atoms with E-state index in [0.717, 1.165) is 27.8 Å². The molecule has 3 aromatic rings. The summed E-state index contributed by atoms with van der Waals surface area (Å²) >= 11 is 0. The van der Waals surface area contributed by atoms with E-state index in [1.807, 2.05) is 55.5 Å². The average molecular weight is 506 g/mol. The number of benzene rings is 3. The summed E-state index contributed by atoms with van der Waals surface area (Å²) in [5.74, 6) is -0.585. The van der Waals surface area contributed by atoms with E-state index in [2.05, 4.69) is 10.6 Å². The van der Waals surface area contributed by atoms with E-state index in [1.165, 1.54) is 11.2 Å². The molecule has 0 saturated heterocycles. The Hall–Kier alpha value is -3.49. The summed E-state index contributed by atoms with van der Waals surface area (Å²) in [7, 11) is -4.03. The molecule has 36 heavy (non-hydrogen) atoms. The predicted molar refractivity (Wildman–Crippen MR) is 140 cm³/mol. The van der Waals surface area contributed by atoms with Crippen molar-refractivity contribution in [3.63, 3.8) is 0 Å². The van der Waals surface area contributed by atoms with Gasteiger partial charge in [0, 0.05) is 26.4 Å².